The minimum atomic E-state index is -1.01. The van der Waals surface area contributed by atoms with Crippen molar-refractivity contribution in [3.63, 3.8) is 0 Å². The number of methoxy groups -OCH3 is 1. The van der Waals surface area contributed by atoms with Gasteiger partial charge in [0.25, 0.3) is 5.91 Å². The van der Waals surface area contributed by atoms with Gasteiger partial charge in [0.15, 0.2) is 0 Å². The normalized spacial score (nSPS) is 22.2. The van der Waals surface area contributed by atoms with E-state index >= 15 is 0 Å². The fourth-order valence-electron chi connectivity index (χ4n) is 2.58. The molecule has 0 bridgehead atoms. The second-order valence-corrected chi connectivity index (χ2v) is 5.59. The molecule has 0 radical (unpaired) electrons. The lowest BCUT2D eigenvalue weighted by Gasteiger charge is -2.23. The van der Waals surface area contributed by atoms with Gasteiger partial charge in [-0.3, -0.25) is 9.59 Å². The van der Waals surface area contributed by atoms with Crippen molar-refractivity contribution in [3.05, 3.63) is 23.0 Å². The van der Waals surface area contributed by atoms with Crippen LogP contribution in [-0.4, -0.2) is 53.3 Å². The Morgan fingerprint density at radius 1 is 1.55 bits per heavy atom. The Bertz CT molecular complexity index is 542. The molecule has 1 aliphatic rings. The summed E-state index contributed by atoms with van der Waals surface area (Å²) in [6.45, 7) is 0.648. The van der Waals surface area contributed by atoms with Crippen molar-refractivity contribution in [2.75, 3.05) is 26.8 Å². The van der Waals surface area contributed by atoms with Crippen LogP contribution in [0.1, 0.15) is 16.9 Å². The summed E-state index contributed by atoms with van der Waals surface area (Å²) < 4.78 is 6.65. The second-order valence-electron chi connectivity index (χ2n) is 5.15. The van der Waals surface area contributed by atoms with Crippen LogP contribution in [0.5, 0.6) is 0 Å². The largest absolute Gasteiger partial charge is 0.481 e. The minimum absolute atomic E-state index is 0.0972. The van der Waals surface area contributed by atoms with E-state index in [4.69, 9.17) is 16.3 Å². The highest BCUT2D eigenvalue weighted by Gasteiger charge is 2.46. The third-order valence-electron chi connectivity index (χ3n) is 3.71. The number of hydrogen-bond acceptors (Lipinski definition) is 3. The maximum Gasteiger partial charge on any atom is 0.313 e. The number of ether oxygens (including phenoxy) is 1. The second kappa shape index (κ2) is 5.46. The highest BCUT2D eigenvalue weighted by atomic mass is 35.5. The third kappa shape index (κ3) is 2.53. The van der Waals surface area contributed by atoms with E-state index in [0.717, 1.165) is 0 Å². The Morgan fingerprint density at radius 3 is 2.75 bits per heavy atom. The number of carboxylic acids is 1. The van der Waals surface area contributed by atoms with Crippen molar-refractivity contribution in [1.82, 2.24) is 9.47 Å². The van der Waals surface area contributed by atoms with Crippen LogP contribution >= 0.6 is 11.6 Å². The standard InChI is InChI=1S/C13H17ClN2O4/c1-15-6-9(14)5-10(15)11(17)16-4-3-13(7-16,8-20-2)12(18)19/h5-6H,3-4,7-8H2,1-2H3,(H,18,19). The summed E-state index contributed by atoms with van der Waals surface area (Å²) in [5.74, 6) is -1.14. The lowest BCUT2D eigenvalue weighted by molar-refractivity contribution is -0.151. The first-order chi connectivity index (χ1) is 9.39. The van der Waals surface area contributed by atoms with Gasteiger partial charge in [-0.25, -0.2) is 0 Å². The van der Waals surface area contributed by atoms with E-state index in [1.807, 2.05) is 0 Å². The molecular weight excluding hydrogens is 284 g/mol. The molecule has 2 heterocycles. The molecule has 0 aliphatic carbocycles. The summed E-state index contributed by atoms with van der Waals surface area (Å²) in [6.07, 6.45) is 2.03. The van der Waals surface area contributed by atoms with Gasteiger partial charge in [-0.05, 0) is 12.5 Å². The molecule has 1 atom stereocenters. The van der Waals surface area contributed by atoms with Crippen LogP contribution in [-0.2, 0) is 16.6 Å². The molecule has 1 N–H and O–H groups in total. The maximum atomic E-state index is 12.4. The number of halogens is 1. The SMILES string of the molecule is COCC1(C(=O)O)CCN(C(=O)c2cc(Cl)cn2C)C1. The molecule has 2 rings (SSSR count). The molecule has 0 aromatic carbocycles. The number of aryl methyl sites for hydroxylation is 1. The van der Waals surface area contributed by atoms with Crippen molar-refractivity contribution in [2.45, 2.75) is 6.42 Å². The number of nitrogens with zero attached hydrogens (tertiary/aromatic N) is 2. The highest BCUT2D eigenvalue weighted by molar-refractivity contribution is 6.31. The molecule has 110 valence electrons. The first kappa shape index (κ1) is 14.9. The lowest BCUT2D eigenvalue weighted by Crippen LogP contribution is -2.40. The Morgan fingerprint density at radius 2 is 2.25 bits per heavy atom. The quantitative estimate of drug-likeness (QED) is 0.908. The Balaban J connectivity index is 2.18. The summed E-state index contributed by atoms with van der Waals surface area (Å²) in [4.78, 5) is 25.4. The van der Waals surface area contributed by atoms with Gasteiger partial charge in [-0.1, -0.05) is 11.6 Å². The molecule has 7 heteroatoms. The number of carboxylic acid groups (broad SMARTS) is 1. The Labute approximate surface area is 121 Å². The summed E-state index contributed by atoms with van der Waals surface area (Å²) in [7, 11) is 3.20. The average molecular weight is 301 g/mol. The number of likely N-dealkylation sites (tertiary alicyclic amines) is 1. The summed E-state index contributed by atoms with van der Waals surface area (Å²) >= 11 is 5.87. The van der Waals surface area contributed by atoms with Gasteiger partial charge in [0.2, 0.25) is 0 Å². The van der Waals surface area contributed by atoms with Crippen molar-refractivity contribution in [1.29, 1.82) is 0 Å². The topological polar surface area (TPSA) is 71.8 Å². The average Bonchev–Trinajstić information content (AvgIpc) is 2.94. The van der Waals surface area contributed by atoms with E-state index in [1.165, 1.54) is 7.11 Å². The Hall–Kier alpha value is -1.53. The van der Waals surface area contributed by atoms with E-state index < -0.39 is 11.4 Å². The van der Waals surface area contributed by atoms with Crippen LogP contribution < -0.4 is 0 Å². The first-order valence-electron chi connectivity index (χ1n) is 6.23. The molecule has 1 fully saturated rings. The number of hydrogen-bond donors (Lipinski definition) is 1. The summed E-state index contributed by atoms with van der Waals surface area (Å²) in [5, 5.41) is 9.86. The number of amides is 1. The molecule has 20 heavy (non-hydrogen) atoms. The Kier molecular flexibility index (Phi) is 4.06. The van der Waals surface area contributed by atoms with Crippen LogP contribution in [0.3, 0.4) is 0 Å². The fraction of sp³-hybridized carbons (Fsp3) is 0.538. The van der Waals surface area contributed by atoms with Gasteiger partial charge in [-0.2, -0.15) is 0 Å². The van der Waals surface area contributed by atoms with E-state index in [9.17, 15) is 14.7 Å². The monoisotopic (exact) mass is 300 g/mol. The molecule has 1 aliphatic heterocycles. The molecule has 0 saturated carbocycles. The zero-order valence-corrected chi connectivity index (χ0v) is 12.2. The van der Waals surface area contributed by atoms with Crippen LogP contribution in [0.2, 0.25) is 5.02 Å². The maximum absolute atomic E-state index is 12.4. The molecule has 0 spiro atoms. The fourth-order valence-corrected chi connectivity index (χ4v) is 2.82. The number of aromatic nitrogens is 1. The molecular formula is C13H17ClN2O4. The van der Waals surface area contributed by atoms with Crippen LogP contribution in [0, 0.1) is 5.41 Å². The molecule has 1 aromatic heterocycles. The van der Waals surface area contributed by atoms with Crippen LogP contribution in [0.25, 0.3) is 0 Å². The lowest BCUT2D eigenvalue weighted by atomic mass is 9.88. The van der Waals surface area contributed by atoms with Gasteiger partial charge < -0.3 is 19.3 Å². The molecule has 1 amide bonds. The van der Waals surface area contributed by atoms with Crippen LogP contribution in [0.15, 0.2) is 12.3 Å². The molecule has 6 nitrogen and oxygen atoms in total. The van der Waals surface area contributed by atoms with Crippen molar-refractivity contribution in [2.24, 2.45) is 12.5 Å². The van der Waals surface area contributed by atoms with Crippen molar-refractivity contribution in [3.8, 4) is 0 Å². The smallest absolute Gasteiger partial charge is 0.313 e. The van der Waals surface area contributed by atoms with Crippen LogP contribution in [0.4, 0.5) is 0 Å². The van der Waals surface area contributed by atoms with Crippen molar-refractivity contribution >= 4 is 23.5 Å². The van der Waals surface area contributed by atoms with E-state index in [2.05, 4.69) is 0 Å². The molecule has 1 unspecified atom stereocenters. The number of carbonyl (C=O) groups excluding carboxylic acids is 1. The van der Waals surface area contributed by atoms with E-state index in [1.54, 1.807) is 28.8 Å². The summed E-state index contributed by atoms with van der Waals surface area (Å²) in [6, 6.07) is 1.58. The zero-order chi connectivity index (χ0) is 14.9. The third-order valence-corrected chi connectivity index (χ3v) is 3.91. The predicted molar refractivity (Wildman–Crippen MR) is 72.9 cm³/mol. The van der Waals surface area contributed by atoms with E-state index in [0.29, 0.717) is 23.7 Å². The van der Waals surface area contributed by atoms with Gasteiger partial charge in [0.1, 0.15) is 11.1 Å². The number of carbonyl (C=O) groups is 2. The summed E-state index contributed by atoms with van der Waals surface area (Å²) in [5.41, 5.74) is -0.562. The van der Waals surface area contributed by atoms with E-state index in [-0.39, 0.29) is 19.1 Å². The minimum Gasteiger partial charge on any atom is -0.481 e. The van der Waals surface area contributed by atoms with Gasteiger partial charge in [0.05, 0.1) is 11.6 Å². The van der Waals surface area contributed by atoms with Gasteiger partial charge in [0, 0.05) is 33.4 Å². The van der Waals surface area contributed by atoms with Crippen molar-refractivity contribution < 1.29 is 19.4 Å². The predicted octanol–water partition coefficient (Wildman–Crippen LogP) is 1.24. The van der Waals surface area contributed by atoms with Gasteiger partial charge >= 0.3 is 5.97 Å². The molecule has 1 saturated heterocycles. The highest BCUT2D eigenvalue weighted by Crippen LogP contribution is 2.32. The number of aliphatic carboxylic acids is 1. The zero-order valence-electron chi connectivity index (χ0n) is 11.4. The molecule has 1 aromatic rings. The van der Waals surface area contributed by atoms with Gasteiger partial charge in [-0.15, -0.1) is 0 Å². The first-order valence-corrected chi connectivity index (χ1v) is 6.61. The number of rotatable bonds is 4.